The Balaban J connectivity index is 1.55. The SMILES string of the molecule is O=C(CCN1CCCCC1)Nc1c(-c2ccccc2)sc2ccccc12. The first-order valence-electron chi connectivity index (χ1n) is 9.40. The van der Waals surface area contributed by atoms with Gasteiger partial charge in [-0.1, -0.05) is 55.0 Å². The van der Waals surface area contributed by atoms with Crippen LogP contribution in [0.4, 0.5) is 5.69 Å². The molecule has 0 radical (unpaired) electrons. The molecule has 134 valence electrons. The van der Waals surface area contributed by atoms with E-state index in [4.69, 9.17) is 0 Å². The molecule has 0 saturated carbocycles. The smallest absolute Gasteiger partial charge is 0.225 e. The van der Waals surface area contributed by atoms with Crippen LogP contribution in [0.25, 0.3) is 20.5 Å². The summed E-state index contributed by atoms with van der Waals surface area (Å²) in [6.45, 7) is 3.11. The number of fused-ring (bicyclic) bond motifs is 1. The largest absolute Gasteiger partial charge is 0.324 e. The molecule has 3 aromatic rings. The fourth-order valence-electron chi connectivity index (χ4n) is 3.61. The maximum atomic E-state index is 12.6. The summed E-state index contributed by atoms with van der Waals surface area (Å²) >= 11 is 1.74. The Morgan fingerprint density at radius 1 is 0.962 bits per heavy atom. The number of anilines is 1. The molecule has 0 atom stereocenters. The van der Waals surface area contributed by atoms with Crippen LogP contribution in [0.15, 0.2) is 54.6 Å². The quantitative estimate of drug-likeness (QED) is 0.659. The average molecular weight is 365 g/mol. The number of nitrogens with one attached hydrogen (secondary N) is 1. The number of hydrogen-bond acceptors (Lipinski definition) is 3. The van der Waals surface area contributed by atoms with Gasteiger partial charge < -0.3 is 10.2 Å². The van der Waals surface area contributed by atoms with Crippen molar-refractivity contribution in [1.82, 2.24) is 4.90 Å². The lowest BCUT2D eigenvalue weighted by atomic mass is 10.1. The highest BCUT2D eigenvalue weighted by Crippen LogP contribution is 2.42. The minimum Gasteiger partial charge on any atom is -0.324 e. The Hall–Kier alpha value is -2.17. The van der Waals surface area contributed by atoms with E-state index in [-0.39, 0.29) is 5.91 Å². The topological polar surface area (TPSA) is 32.3 Å². The van der Waals surface area contributed by atoms with Crippen LogP contribution in [-0.2, 0) is 4.79 Å². The first-order valence-corrected chi connectivity index (χ1v) is 10.2. The van der Waals surface area contributed by atoms with E-state index in [9.17, 15) is 4.79 Å². The summed E-state index contributed by atoms with van der Waals surface area (Å²) in [6, 6.07) is 18.6. The van der Waals surface area contributed by atoms with Crippen LogP contribution in [0, 0.1) is 0 Å². The van der Waals surface area contributed by atoms with Crippen molar-refractivity contribution < 1.29 is 4.79 Å². The van der Waals surface area contributed by atoms with E-state index in [1.165, 1.54) is 24.0 Å². The molecular formula is C22H24N2OS. The molecule has 2 heterocycles. The average Bonchev–Trinajstić information content (AvgIpc) is 3.06. The zero-order valence-electron chi connectivity index (χ0n) is 14.9. The molecule has 1 N–H and O–H groups in total. The monoisotopic (exact) mass is 364 g/mol. The van der Waals surface area contributed by atoms with Crippen molar-refractivity contribution in [3.8, 4) is 10.4 Å². The normalized spacial score (nSPS) is 15.2. The second-order valence-electron chi connectivity index (χ2n) is 6.87. The van der Waals surface area contributed by atoms with Gasteiger partial charge in [-0.25, -0.2) is 0 Å². The molecule has 1 fully saturated rings. The molecule has 2 aromatic carbocycles. The highest BCUT2D eigenvalue weighted by molar-refractivity contribution is 7.23. The lowest BCUT2D eigenvalue weighted by Gasteiger charge is -2.26. The first-order chi connectivity index (χ1) is 12.8. The second kappa shape index (κ2) is 8.02. The molecule has 4 rings (SSSR count). The van der Waals surface area contributed by atoms with Crippen LogP contribution in [-0.4, -0.2) is 30.4 Å². The molecule has 4 heteroatoms. The van der Waals surface area contributed by atoms with Crippen molar-refractivity contribution in [2.45, 2.75) is 25.7 Å². The van der Waals surface area contributed by atoms with E-state index in [0.717, 1.165) is 41.1 Å². The minimum atomic E-state index is 0.108. The van der Waals surface area contributed by atoms with Crippen LogP contribution in [0.5, 0.6) is 0 Å². The molecule has 1 aromatic heterocycles. The third-order valence-electron chi connectivity index (χ3n) is 5.00. The van der Waals surface area contributed by atoms with Gasteiger partial charge in [-0.3, -0.25) is 4.79 Å². The van der Waals surface area contributed by atoms with Crippen LogP contribution in [0.3, 0.4) is 0 Å². The molecular weight excluding hydrogens is 340 g/mol. The summed E-state index contributed by atoms with van der Waals surface area (Å²) in [5.74, 6) is 0.108. The van der Waals surface area contributed by atoms with Crippen molar-refractivity contribution in [3.05, 3.63) is 54.6 Å². The van der Waals surface area contributed by atoms with Gasteiger partial charge in [0.05, 0.1) is 10.6 Å². The number of likely N-dealkylation sites (tertiary alicyclic amines) is 1. The fourth-order valence-corrected chi connectivity index (χ4v) is 4.77. The van der Waals surface area contributed by atoms with E-state index >= 15 is 0 Å². The first kappa shape index (κ1) is 17.3. The fraction of sp³-hybridized carbons (Fsp3) is 0.318. The molecule has 1 aliphatic rings. The number of benzene rings is 2. The molecule has 3 nitrogen and oxygen atoms in total. The van der Waals surface area contributed by atoms with Gasteiger partial charge in [0.15, 0.2) is 0 Å². The standard InChI is InChI=1S/C22H24N2OS/c25-20(13-16-24-14-7-2-8-15-24)23-21-18-11-5-6-12-19(18)26-22(21)17-9-3-1-4-10-17/h1,3-6,9-12H,2,7-8,13-16H2,(H,23,25). The van der Waals surface area contributed by atoms with Crippen molar-refractivity contribution in [1.29, 1.82) is 0 Å². The Morgan fingerprint density at radius 2 is 1.69 bits per heavy atom. The minimum absolute atomic E-state index is 0.108. The summed E-state index contributed by atoms with van der Waals surface area (Å²) in [5, 5.41) is 4.34. The predicted molar refractivity (Wildman–Crippen MR) is 111 cm³/mol. The molecule has 1 saturated heterocycles. The zero-order chi connectivity index (χ0) is 17.8. The molecule has 1 aliphatic heterocycles. The van der Waals surface area contributed by atoms with Crippen LogP contribution >= 0.6 is 11.3 Å². The summed E-state index contributed by atoms with van der Waals surface area (Å²) in [4.78, 5) is 16.2. The number of rotatable bonds is 5. The highest BCUT2D eigenvalue weighted by Gasteiger charge is 2.17. The summed E-state index contributed by atoms with van der Waals surface area (Å²) in [6.07, 6.45) is 4.40. The number of piperidine rings is 1. The van der Waals surface area contributed by atoms with E-state index in [1.54, 1.807) is 11.3 Å². The summed E-state index contributed by atoms with van der Waals surface area (Å²) < 4.78 is 1.21. The number of hydrogen-bond donors (Lipinski definition) is 1. The number of carbonyl (C=O) groups excluding carboxylic acids is 1. The van der Waals surface area contributed by atoms with Gasteiger partial charge in [-0.05, 0) is 37.6 Å². The molecule has 26 heavy (non-hydrogen) atoms. The van der Waals surface area contributed by atoms with Gasteiger partial charge in [-0.2, -0.15) is 0 Å². The van der Waals surface area contributed by atoms with Crippen molar-refractivity contribution in [2.24, 2.45) is 0 Å². The van der Waals surface area contributed by atoms with Crippen molar-refractivity contribution in [2.75, 3.05) is 25.0 Å². The third kappa shape index (κ3) is 3.81. The van der Waals surface area contributed by atoms with Crippen molar-refractivity contribution >= 4 is 33.0 Å². The van der Waals surface area contributed by atoms with E-state index in [2.05, 4.69) is 40.5 Å². The van der Waals surface area contributed by atoms with E-state index in [0.29, 0.717) is 6.42 Å². The number of thiophene rings is 1. The maximum absolute atomic E-state index is 12.6. The van der Waals surface area contributed by atoms with Gasteiger partial charge >= 0.3 is 0 Å². The number of amides is 1. The van der Waals surface area contributed by atoms with Crippen LogP contribution < -0.4 is 5.32 Å². The van der Waals surface area contributed by atoms with Crippen LogP contribution in [0.1, 0.15) is 25.7 Å². The van der Waals surface area contributed by atoms with Gasteiger partial charge in [0, 0.05) is 23.1 Å². The maximum Gasteiger partial charge on any atom is 0.225 e. The number of nitrogens with zero attached hydrogens (tertiary/aromatic N) is 1. The molecule has 1 amide bonds. The summed E-state index contributed by atoms with van der Waals surface area (Å²) in [5.41, 5.74) is 2.11. The highest BCUT2D eigenvalue weighted by atomic mass is 32.1. The van der Waals surface area contributed by atoms with Gasteiger partial charge in [0.2, 0.25) is 5.91 Å². The number of carbonyl (C=O) groups is 1. The lowest BCUT2D eigenvalue weighted by molar-refractivity contribution is -0.116. The Kier molecular flexibility index (Phi) is 5.32. The second-order valence-corrected chi connectivity index (χ2v) is 7.92. The Labute approximate surface area is 158 Å². The third-order valence-corrected chi connectivity index (χ3v) is 6.22. The van der Waals surface area contributed by atoms with E-state index in [1.807, 2.05) is 24.3 Å². The Morgan fingerprint density at radius 3 is 2.50 bits per heavy atom. The zero-order valence-corrected chi connectivity index (χ0v) is 15.7. The molecule has 0 bridgehead atoms. The van der Waals surface area contributed by atoms with Crippen LogP contribution in [0.2, 0.25) is 0 Å². The van der Waals surface area contributed by atoms with Crippen molar-refractivity contribution in [3.63, 3.8) is 0 Å². The van der Waals surface area contributed by atoms with Gasteiger partial charge in [0.1, 0.15) is 0 Å². The van der Waals surface area contributed by atoms with E-state index < -0.39 is 0 Å². The lowest BCUT2D eigenvalue weighted by Crippen LogP contribution is -2.32. The van der Waals surface area contributed by atoms with Gasteiger partial charge in [-0.15, -0.1) is 11.3 Å². The molecule has 0 unspecified atom stereocenters. The molecule has 0 aliphatic carbocycles. The Bertz CT molecular complexity index is 882. The van der Waals surface area contributed by atoms with Gasteiger partial charge in [0.25, 0.3) is 0 Å². The predicted octanol–water partition coefficient (Wildman–Crippen LogP) is 5.38. The summed E-state index contributed by atoms with van der Waals surface area (Å²) in [7, 11) is 0. The molecule has 0 spiro atoms.